The standard InChI is InChI=1S/C12H9N3O2/c1-7-6-10(16)15(11(7)17)12-13-8-4-2-3-5-9(8)14-12/h2-6H,1H3,(H,13,14). The Balaban J connectivity index is 2.11. The fourth-order valence-corrected chi connectivity index (χ4v) is 1.83. The minimum Gasteiger partial charge on any atom is -0.323 e. The van der Waals surface area contributed by atoms with E-state index in [1.165, 1.54) is 6.08 Å². The third-order valence-corrected chi connectivity index (χ3v) is 2.69. The van der Waals surface area contributed by atoms with Crippen LogP contribution in [-0.4, -0.2) is 21.8 Å². The molecule has 84 valence electrons. The summed E-state index contributed by atoms with van der Waals surface area (Å²) >= 11 is 0. The topological polar surface area (TPSA) is 66.1 Å². The van der Waals surface area contributed by atoms with E-state index in [1.54, 1.807) is 6.92 Å². The van der Waals surface area contributed by atoms with E-state index in [-0.39, 0.29) is 17.8 Å². The van der Waals surface area contributed by atoms with Gasteiger partial charge in [-0.05, 0) is 19.1 Å². The van der Waals surface area contributed by atoms with Crippen molar-refractivity contribution >= 4 is 28.8 Å². The number of aromatic amines is 1. The summed E-state index contributed by atoms with van der Waals surface area (Å²) in [7, 11) is 0. The predicted octanol–water partition coefficient (Wildman–Crippen LogP) is 1.38. The summed E-state index contributed by atoms with van der Waals surface area (Å²) in [5.74, 6) is -0.407. The Kier molecular flexibility index (Phi) is 1.89. The van der Waals surface area contributed by atoms with E-state index >= 15 is 0 Å². The van der Waals surface area contributed by atoms with Crippen LogP contribution in [0.1, 0.15) is 6.92 Å². The number of benzene rings is 1. The quantitative estimate of drug-likeness (QED) is 0.748. The number of carbonyl (C=O) groups is 2. The first kappa shape index (κ1) is 9.77. The number of imidazole rings is 1. The van der Waals surface area contributed by atoms with Crippen LogP contribution < -0.4 is 4.90 Å². The van der Waals surface area contributed by atoms with E-state index in [0.717, 1.165) is 15.9 Å². The minimum absolute atomic E-state index is 0.273. The van der Waals surface area contributed by atoms with Crippen molar-refractivity contribution in [3.8, 4) is 0 Å². The first-order chi connectivity index (χ1) is 8.16. The second kappa shape index (κ2) is 3.28. The molecule has 0 aliphatic carbocycles. The van der Waals surface area contributed by atoms with E-state index in [9.17, 15) is 9.59 Å². The molecule has 5 nitrogen and oxygen atoms in total. The maximum atomic E-state index is 11.8. The number of anilines is 1. The number of aromatic nitrogens is 2. The van der Waals surface area contributed by atoms with Crippen LogP contribution in [0.4, 0.5) is 5.95 Å². The highest BCUT2D eigenvalue weighted by Crippen LogP contribution is 2.22. The van der Waals surface area contributed by atoms with Gasteiger partial charge in [-0.15, -0.1) is 0 Å². The van der Waals surface area contributed by atoms with E-state index in [0.29, 0.717) is 5.57 Å². The van der Waals surface area contributed by atoms with Crippen LogP contribution in [0.2, 0.25) is 0 Å². The first-order valence-corrected chi connectivity index (χ1v) is 5.18. The molecule has 1 aliphatic heterocycles. The van der Waals surface area contributed by atoms with Crippen LogP contribution in [0.5, 0.6) is 0 Å². The molecule has 0 saturated heterocycles. The maximum Gasteiger partial charge on any atom is 0.263 e. The highest BCUT2D eigenvalue weighted by Gasteiger charge is 2.31. The number of H-pyrrole nitrogens is 1. The average Bonchev–Trinajstić information content (AvgIpc) is 2.81. The van der Waals surface area contributed by atoms with Crippen LogP contribution in [0.25, 0.3) is 11.0 Å². The molecule has 0 saturated carbocycles. The molecule has 0 atom stereocenters. The molecule has 2 amide bonds. The van der Waals surface area contributed by atoms with Crippen LogP contribution in [0.15, 0.2) is 35.9 Å². The Bertz CT molecular complexity index is 636. The SMILES string of the molecule is CC1=CC(=O)N(c2nc3ccccc3[nH]2)C1=O. The number of fused-ring (bicyclic) bond motifs is 1. The summed E-state index contributed by atoms with van der Waals surface area (Å²) < 4.78 is 0. The molecule has 2 aromatic rings. The number of carbonyl (C=O) groups excluding carboxylic acids is 2. The van der Waals surface area contributed by atoms with Gasteiger partial charge in [0.05, 0.1) is 11.0 Å². The van der Waals surface area contributed by atoms with Gasteiger partial charge < -0.3 is 4.98 Å². The Labute approximate surface area is 96.8 Å². The van der Waals surface area contributed by atoms with Gasteiger partial charge in [-0.3, -0.25) is 9.59 Å². The van der Waals surface area contributed by atoms with Crippen molar-refractivity contribution in [1.82, 2.24) is 9.97 Å². The molecule has 5 heteroatoms. The second-order valence-corrected chi connectivity index (χ2v) is 3.88. The fraction of sp³-hybridized carbons (Fsp3) is 0.0833. The number of nitrogens with one attached hydrogen (secondary N) is 1. The van der Waals surface area contributed by atoms with Crippen LogP contribution in [-0.2, 0) is 9.59 Å². The Morgan fingerprint density at radius 2 is 2.00 bits per heavy atom. The van der Waals surface area contributed by atoms with Gasteiger partial charge in [0.15, 0.2) is 0 Å². The van der Waals surface area contributed by atoms with Crippen LogP contribution in [0, 0.1) is 0 Å². The molecular weight excluding hydrogens is 218 g/mol. The molecule has 1 N–H and O–H groups in total. The zero-order valence-electron chi connectivity index (χ0n) is 9.10. The zero-order valence-corrected chi connectivity index (χ0v) is 9.10. The summed E-state index contributed by atoms with van der Waals surface area (Å²) in [6.45, 7) is 1.61. The first-order valence-electron chi connectivity index (χ1n) is 5.18. The lowest BCUT2D eigenvalue weighted by Crippen LogP contribution is -2.31. The minimum atomic E-state index is -0.355. The number of nitrogens with zero attached hydrogens (tertiary/aromatic N) is 2. The number of rotatable bonds is 1. The molecule has 17 heavy (non-hydrogen) atoms. The van der Waals surface area contributed by atoms with Crippen molar-refractivity contribution in [2.75, 3.05) is 4.90 Å². The summed E-state index contributed by atoms with van der Waals surface area (Å²) in [4.78, 5) is 31.6. The number of hydrogen-bond acceptors (Lipinski definition) is 3. The van der Waals surface area contributed by atoms with Gasteiger partial charge in [0.1, 0.15) is 0 Å². The normalized spacial score (nSPS) is 15.8. The predicted molar refractivity (Wildman–Crippen MR) is 62.3 cm³/mol. The third-order valence-electron chi connectivity index (χ3n) is 2.69. The van der Waals surface area contributed by atoms with Crippen molar-refractivity contribution in [3.63, 3.8) is 0 Å². The smallest absolute Gasteiger partial charge is 0.263 e. The third kappa shape index (κ3) is 1.36. The largest absolute Gasteiger partial charge is 0.323 e. The van der Waals surface area contributed by atoms with Gasteiger partial charge in [0.2, 0.25) is 5.95 Å². The molecule has 1 aromatic heterocycles. The second-order valence-electron chi connectivity index (χ2n) is 3.88. The molecule has 1 aliphatic rings. The number of amides is 2. The van der Waals surface area contributed by atoms with Gasteiger partial charge in [-0.1, -0.05) is 12.1 Å². The van der Waals surface area contributed by atoms with Crippen molar-refractivity contribution in [2.45, 2.75) is 6.92 Å². The Morgan fingerprint density at radius 3 is 2.65 bits per heavy atom. The van der Waals surface area contributed by atoms with Crippen molar-refractivity contribution in [1.29, 1.82) is 0 Å². The molecule has 0 fully saturated rings. The highest BCUT2D eigenvalue weighted by molar-refractivity contribution is 6.29. The molecule has 0 unspecified atom stereocenters. The van der Waals surface area contributed by atoms with Crippen LogP contribution >= 0.6 is 0 Å². The molecule has 3 rings (SSSR count). The monoisotopic (exact) mass is 227 g/mol. The molecule has 0 bridgehead atoms. The van der Waals surface area contributed by atoms with Gasteiger partial charge in [0, 0.05) is 11.6 Å². The van der Waals surface area contributed by atoms with E-state index in [1.807, 2.05) is 24.3 Å². The summed E-state index contributed by atoms with van der Waals surface area (Å²) in [6.07, 6.45) is 1.32. The van der Waals surface area contributed by atoms with Gasteiger partial charge in [-0.25, -0.2) is 9.88 Å². The van der Waals surface area contributed by atoms with E-state index < -0.39 is 0 Å². The molecule has 0 spiro atoms. The number of para-hydroxylation sites is 2. The summed E-state index contributed by atoms with van der Waals surface area (Å²) in [5, 5.41) is 0. The molecule has 0 radical (unpaired) electrons. The Hall–Kier alpha value is -2.43. The highest BCUT2D eigenvalue weighted by atomic mass is 16.2. The van der Waals surface area contributed by atoms with Crippen LogP contribution in [0.3, 0.4) is 0 Å². The molecule has 1 aromatic carbocycles. The zero-order chi connectivity index (χ0) is 12.0. The Morgan fingerprint density at radius 1 is 1.24 bits per heavy atom. The van der Waals surface area contributed by atoms with E-state index in [4.69, 9.17) is 0 Å². The molecular formula is C12H9N3O2. The number of imide groups is 1. The van der Waals surface area contributed by atoms with Gasteiger partial charge >= 0.3 is 0 Å². The lowest BCUT2D eigenvalue weighted by Gasteiger charge is -2.09. The van der Waals surface area contributed by atoms with Gasteiger partial charge in [0.25, 0.3) is 11.8 Å². The molecule has 2 heterocycles. The lowest BCUT2D eigenvalue weighted by molar-refractivity contribution is -0.120. The lowest BCUT2D eigenvalue weighted by atomic mass is 10.3. The fourth-order valence-electron chi connectivity index (χ4n) is 1.83. The summed E-state index contributed by atoms with van der Waals surface area (Å²) in [6, 6.07) is 7.38. The van der Waals surface area contributed by atoms with Gasteiger partial charge in [-0.2, -0.15) is 0 Å². The van der Waals surface area contributed by atoms with Crippen molar-refractivity contribution in [3.05, 3.63) is 35.9 Å². The van der Waals surface area contributed by atoms with E-state index in [2.05, 4.69) is 9.97 Å². The summed E-state index contributed by atoms with van der Waals surface area (Å²) in [5.41, 5.74) is 1.95. The average molecular weight is 227 g/mol. The maximum absolute atomic E-state index is 11.8. The number of hydrogen-bond donors (Lipinski definition) is 1. The van der Waals surface area contributed by atoms with Crippen molar-refractivity contribution < 1.29 is 9.59 Å². The van der Waals surface area contributed by atoms with Crippen molar-refractivity contribution in [2.24, 2.45) is 0 Å².